The highest BCUT2D eigenvalue weighted by Gasteiger charge is 2.29. The predicted octanol–water partition coefficient (Wildman–Crippen LogP) is 2.22. The van der Waals surface area contributed by atoms with Crippen molar-refractivity contribution in [2.24, 2.45) is 5.73 Å². The van der Waals surface area contributed by atoms with Crippen LogP contribution >= 0.6 is 24.8 Å². The topological polar surface area (TPSA) is 77.2 Å². The van der Waals surface area contributed by atoms with E-state index in [1.54, 1.807) is 12.1 Å². The number of nitrogens with two attached hydrogens (primary N) is 1. The number of carbonyl (C=O) groups excluding carboxylic acids is 1. The molecule has 1 heterocycles. The molecular formula is C12H18Cl2F3N3O2. The van der Waals surface area contributed by atoms with Crippen LogP contribution in [-0.4, -0.2) is 30.2 Å². The van der Waals surface area contributed by atoms with Crippen LogP contribution in [0, 0.1) is 0 Å². The van der Waals surface area contributed by atoms with Crippen molar-refractivity contribution < 1.29 is 22.7 Å². The van der Waals surface area contributed by atoms with Gasteiger partial charge in [-0.05, 0) is 19.0 Å². The monoisotopic (exact) mass is 363 g/mol. The fourth-order valence-corrected chi connectivity index (χ4v) is 1.38. The number of hydrogen-bond acceptors (Lipinski definition) is 4. The first-order valence-electron chi connectivity index (χ1n) is 6.02. The van der Waals surface area contributed by atoms with Crippen LogP contribution in [0.3, 0.4) is 0 Å². The van der Waals surface area contributed by atoms with Gasteiger partial charge in [-0.25, -0.2) is 4.98 Å². The maximum absolute atomic E-state index is 12.1. The third-order valence-corrected chi connectivity index (χ3v) is 2.31. The summed E-state index contributed by atoms with van der Waals surface area (Å²) in [5, 5.41) is 2.58. The lowest BCUT2D eigenvalue weighted by Gasteiger charge is -2.12. The quantitative estimate of drug-likeness (QED) is 0.778. The van der Waals surface area contributed by atoms with Gasteiger partial charge in [0.2, 0.25) is 11.8 Å². The second-order valence-corrected chi connectivity index (χ2v) is 4.04. The summed E-state index contributed by atoms with van der Waals surface area (Å²) < 4.78 is 40.9. The number of carbonyl (C=O) groups is 1. The van der Waals surface area contributed by atoms with Crippen molar-refractivity contribution in [3.8, 4) is 5.88 Å². The van der Waals surface area contributed by atoms with Crippen LogP contribution in [0.5, 0.6) is 5.88 Å². The summed E-state index contributed by atoms with van der Waals surface area (Å²) in [5.41, 5.74) is 5.66. The van der Waals surface area contributed by atoms with Gasteiger partial charge < -0.3 is 15.8 Å². The molecule has 0 fully saturated rings. The molecule has 0 spiro atoms. The minimum Gasteiger partial charge on any atom is -0.468 e. The number of nitrogens with one attached hydrogen (secondary N) is 1. The average Bonchev–Trinajstić information content (AvgIpc) is 2.40. The van der Waals surface area contributed by atoms with Crippen LogP contribution in [-0.2, 0) is 11.3 Å². The zero-order valence-corrected chi connectivity index (χ0v) is 13.2. The average molecular weight is 364 g/mol. The molecule has 0 bridgehead atoms. The Bertz CT molecular complexity index is 448. The van der Waals surface area contributed by atoms with Gasteiger partial charge in [0.05, 0.1) is 0 Å². The molecule has 22 heavy (non-hydrogen) atoms. The maximum atomic E-state index is 12.1. The van der Waals surface area contributed by atoms with Gasteiger partial charge in [0.15, 0.2) is 6.61 Å². The summed E-state index contributed by atoms with van der Waals surface area (Å²) in [6, 6.07) is 3.10. The van der Waals surface area contributed by atoms with E-state index in [0.29, 0.717) is 18.5 Å². The first-order chi connectivity index (χ1) is 9.42. The number of hydrogen-bond donors (Lipinski definition) is 2. The van der Waals surface area contributed by atoms with Gasteiger partial charge in [0, 0.05) is 24.7 Å². The minimum atomic E-state index is -4.43. The fourth-order valence-electron chi connectivity index (χ4n) is 1.38. The second kappa shape index (κ2) is 11.3. The molecule has 0 saturated heterocycles. The highest BCUT2D eigenvalue weighted by Crippen LogP contribution is 2.19. The van der Waals surface area contributed by atoms with E-state index < -0.39 is 12.8 Å². The van der Waals surface area contributed by atoms with Gasteiger partial charge >= 0.3 is 6.18 Å². The Balaban J connectivity index is 0. The molecule has 1 aromatic rings. The number of rotatable bonds is 7. The highest BCUT2D eigenvalue weighted by atomic mass is 35.5. The molecule has 0 aliphatic carbocycles. The van der Waals surface area contributed by atoms with Crippen LogP contribution in [0.25, 0.3) is 0 Å². The van der Waals surface area contributed by atoms with Crippen molar-refractivity contribution in [2.75, 3.05) is 13.2 Å². The lowest BCUT2D eigenvalue weighted by molar-refractivity contribution is -0.154. The summed E-state index contributed by atoms with van der Waals surface area (Å²) in [7, 11) is 0. The number of amides is 1. The van der Waals surface area contributed by atoms with E-state index in [2.05, 4.69) is 15.0 Å². The van der Waals surface area contributed by atoms with Gasteiger partial charge in [-0.3, -0.25) is 4.79 Å². The Morgan fingerprint density at radius 3 is 2.64 bits per heavy atom. The Labute approximate surface area is 138 Å². The van der Waals surface area contributed by atoms with Crippen LogP contribution < -0.4 is 15.8 Å². The van der Waals surface area contributed by atoms with Gasteiger partial charge in [-0.15, -0.1) is 24.8 Å². The smallest absolute Gasteiger partial charge is 0.422 e. The SMILES string of the molecule is Cl.Cl.NCCCC(=O)NCc1cccnc1OCC(F)(F)F. The van der Waals surface area contributed by atoms with E-state index in [1.165, 1.54) is 6.20 Å². The zero-order valence-electron chi connectivity index (χ0n) is 11.6. The molecule has 1 amide bonds. The van der Waals surface area contributed by atoms with E-state index in [9.17, 15) is 18.0 Å². The molecule has 128 valence electrons. The Morgan fingerprint density at radius 1 is 1.36 bits per heavy atom. The number of nitrogens with zero attached hydrogens (tertiary/aromatic N) is 1. The van der Waals surface area contributed by atoms with Crippen molar-refractivity contribution >= 4 is 30.7 Å². The lowest BCUT2D eigenvalue weighted by Crippen LogP contribution is -2.24. The molecule has 5 nitrogen and oxygen atoms in total. The summed E-state index contributed by atoms with van der Waals surface area (Å²) in [6.45, 7) is -0.956. The Kier molecular flexibility index (Phi) is 11.9. The van der Waals surface area contributed by atoms with Crippen LogP contribution in [0.1, 0.15) is 18.4 Å². The summed E-state index contributed by atoms with van der Waals surface area (Å²) in [5.74, 6) is -0.356. The van der Waals surface area contributed by atoms with Crippen LogP contribution in [0.15, 0.2) is 18.3 Å². The van der Waals surface area contributed by atoms with E-state index in [-0.39, 0.29) is 49.6 Å². The van der Waals surface area contributed by atoms with Crippen LogP contribution in [0.2, 0.25) is 0 Å². The maximum Gasteiger partial charge on any atom is 0.422 e. The number of aromatic nitrogens is 1. The van der Waals surface area contributed by atoms with Crippen molar-refractivity contribution in [3.05, 3.63) is 23.9 Å². The molecule has 0 aliphatic rings. The van der Waals surface area contributed by atoms with Gasteiger partial charge in [-0.2, -0.15) is 13.2 Å². The van der Waals surface area contributed by atoms with Crippen molar-refractivity contribution in [2.45, 2.75) is 25.6 Å². The molecule has 0 aliphatic heterocycles. The Hall–Kier alpha value is -1.25. The lowest BCUT2D eigenvalue weighted by atomic mass is 10.2. The summed E-state index contributed by atoms with van der Waals surface area (Å²) in [4.78, 5) is 15.1. The molecule has 0 saturated carbocycles. The molecule has 0 atom stereocenters. The molecule has 1 aromatic heterocycles. The van der Waals surface area contributed by atoms with Crippen LogP contribution in [0.4, 0.5) is 13.2 Å². The van der Waals surface area contributed by atoms with E-state index in [0.717, 1.165) is 0 Å². The van der Waals surface area contributed by atoms with E-state index in [4.69, 9.17) is 5.73 Å². The largest absolute Gasteiger partial charge is 0.468 e. The zero-order chi connectivity index (χ0) is 15.0. The molecule has 1 rings (SSSR count). The standard InChI is InChI=1S/C12H16F3N3O2.2ClH/c13-12(14,15)8-20-11-9(3-2-6-17-11)7-18-10(19)4-1-5-16;;/h2-3,6H,1,4-5,7-8,16H2,(H,18,19);2*1H. The Morgan fingerprint density at radius 2 is 2.05 bits per heavy atom. The summed E-state index contributed by atoms with van der Waals surface area (Å²) in [6.07, 6.45) is -2.28. The van der Waals surface area contributed by atoms with Crippen molar-refractivity contribution in [3.63, 3.8) is 0 Å². The van der Waals surface area contributed by atoms with Crippen molar-refractivity contribution in [1.29, 1.82) is 0 Å². The third-order valence-electron chi connectivity index (χ3n) is 2.31. The van der Waals surface area contributed by atoms with E-state index >= 15 is 0 Å². The van der Waals surface area contributed by atoms with Gasteiger partial charge in [-0.1, -0.05) is 6.07 Å². The number of ether oxygens (including phenoxy) is 1. The molecule has 3 N–H and O–H groups in total. The molecule has 0 unspecified atom stereocenters. The number of halogens is 5. The normalized spacial score (nSPS) is 10.2. The minimum absolute atomic E-state index is 0. The highest BCUT2D eigenvalue weighted by molar-refractivity contribution is 5.85. The molecule has 0 radical (unpaired) electrons. The third kappa shape index (κ3) is 9.64. The predicted molar refractivity (Wildman–Crippen MR) is 80.4 cm³/mol. The van der Waals surface area contributed by atoms with Crippen molar-refractivity contribution in [1.82, 2.24) is 10.3 Å². The second-order valence-electron chi connectivity index (χ2n) is 4.04. The van der Waals surface area contributed by atoms with Gasteiger partial charge in [0.25, 0.3) is 0 Å². The first kappa shape index (κ1) is 23.0. The number of pyridine rings is 1. The molecular weight excluding hydrogens is 346 g/mol. The molecule has 0 aromatic carbocycles. The molecule has 10 heteroatoms. The van der Waals surface area contributed by atoms with Gasteiger partial charge in [0.1, 0.15) is 0 Å². The summed E-state index contributed by atoms with van der Waals surface area (Å²) >= 11 is 0. The number of alkyl halides is 3. The van der Waals surface area contributed by atoms with E-state index in [1.807, 2.05) is 0 Å². The first-order valence-corrected chi connectivity index (χ1v) is 6.02. The fraction of sp³-hybridized carbons (Fsp3) is 0.500.